The normalized spacial score (nSPS) is 10.7. The zero-order chi connectivity index (χ0) is 23.3. The maximum absolute atomic E-state index is 13.1. The zero-order valence-corrected chi connectivity index (χ0v) is 19.7. The van der Waals surface area contributed by atoms with E-state index < -0.39 is 0 Å². The van der Waals surface area contributed by atoms with Gasteiger partial charge in [-0.3, -0.25) is 9.69 Å². The number of halogens is 2. The topological polar surface area (TPSA) is 61.4 Å². The Hall–Kier alpha value is -3.02. The molecular weight excluding hydrogens is 445 g/mol. The molecule has 0 aliphatic heterocycles. The van der Waals surface area contributed by atoms with Crippen LogP contribution in [-0.4, -0.2) is 18.5 Å². The molecular formula is C25H25Cl2N3O2. The summed E-state index contributed by atoms with van der Waals surface area (Å²) in [7, 11) is 0. The van der Waals surface area contributed by atoms with Crippen molar-refractivity contribution < 1.29 is 9.59 Å². The largest absolute Gasteiger partial charge is 0.326 e. The van der Waals surface area contributed by atoms with Crippen LogP contribution in [0.15, 0.2) is 66.7 Å². The van der Waals surface area contributed by atoms with Gasteiger partial charge in [0.05, 0.1) is 0 Å². The molecule has 2 N–H and O–H groups in total. The molecule has 0 aliphatic carbocycles. The fraction of sp³-hybridized carbons (Fsp3) is 0.200. The van der Waals surface area contributed by atoms with E-state index >= 15 is 0 Å². The summed E-state index contributed by atoms with van der Waals surface area (Å²) in [6, 6.07) is 18.9. The number of nitrogens with zero attached hydrogens (tertiary/aromatic N) is 1. The Labute approximate surface area is 198 Å². The molecule has 0 unspecified atom stereocenters. The minimum absolute atomic E-state index is 0.233. The first-order valence-corrected chi connectivity index (χ1v) is 11.0. The van der Waals surface area contributed by atoms with Gasteiger partial charge in [0.2, 0.25) is 0 Å². The quantitative estimate of drug-likeness (QED) is 0.399. The molecule has 3 aromatic rings. The van der Waals surface area contributed by atoms with Gasteiger partial charge in [0.15, 0.2) is 0 Å². The number of nitrogens with one attached hydrogen (secondary N) is 2. The summed E-state index contributed by atoms with van der Waals surface area (Å²) in [5, 5.41) is 6.97. The number of hydrogen-bond donors (Lipinski definition) is 2. The molecule has 0 saturated heterocycles. The Morgan fingerprint density at radius 1 is 0.844 bits per heavy atom. The second-order valence-corrected chi connectivity index (χ2v) is 8.78. The highest BCUT2D eigenvalue weighted by atomic mass is 35.5. The zero-order valence-electron chi connectivity index (χ0n) is 18.2. The van der Waals surface area contributed by atoms with E-state index in [4.69, 9.17) is 23.2 Å². The van der Waals surface area contributed by atoms with Gasteiger partial charge in [-0.1, -0.05) is 37.0 Å². The third-order valence-electron chi connectivity index (χ3n) is 4.74. The molecule has 0 saturated carbocycles. The first-order valence-electron chi connectivity index (χ1n) is 10.2. The predicted octanol–water partition coefficient (Wildman–Crippen LogP) is 7.25. The SMILES string of the molecule is Cc1cc(C(=O)Nc2ccc(Cl)cc2)ccc1N(CC(C)C)C(=O)Nc1ccc(Cl)cc1. The molecule has 5 nitrogen and oxygen atoms in total. The van der Waals surface area contributed by atoms with Gasteiger partial charge in [0.25, 0.3) is 5.91 Å². The fourth-order valence-corrected chi connectivity index (χ4v) is 3.47. The van der Waals surface area contributed by atoms with E-state index in [2.05, 4.69) is 10.6 Å². The molecule has 0 bridgehead atoms. The Balaban J connectivity index is 1.80. The van der Waals surface area contributed by atoms with Gasteiger partial charge in [-0.25, -0.2) is 4.79 Å². The van der Waals surface area contributed by atoms with Crippen molar-refractivity contribution >= 4 is 52.2 Å². The van der Waals surface area contributed by atoms with Gasteiger partial charge in [-0.15, -0.1) is 0 Å². The molecule has 0 heterocycles. The van der Waals surface area contributed by atoms with Crippen molar-refractivity contribution in [1.82, 2.24) is 0 Å². The lowest BCUT2D eigenvalue weighted by atomic mass is 10.1. The van der Waals surface area contributed by atoms with E-state index in [1.165, 1.54) is 0 Å². The summed E-state index contributed by atoms with van der Waals surface area (Å²) in [6.45, 7) is 6.51. The van der Waals surface area contributed by atoms with Crippen LogP contribution in [0.25, 0.3) is 0 Å². The maximum Gasteiger partial charge on any atom is 0.326 e. The molecule has 166 valence electrons. The van der Waals surface area contributed by atoms with E-state index in [1.54, 1.807) is 71.6 Å². The molecule has 3 amide bonds. The molecule has 3 rings (SSSR count). The molecule has 0 radical (unpaired) electrons. The number of carbonyl (C=O) groups is 2. The number of carbonyl (C=O) groups excluding carboxylic acids is 2. The van der Waals surface area contributed by atoms with Gasteiger partial charge in [0.1, 0.15) is 0 Å². The number of urea groups is 1. The van der Waals surface area contributed by atoms with Crippen molar-refractivity contribution in [2.24, 2.45) is 5.92 Å². The van der Waals surface area contributed by atoms with E-state index in [-0.39, 0.29) is 17.9 Å². The smallest absolute Gasteiger partial charge is 0.322 e. The van der Waals surface area contributed by atoms with Crippen LogP contribution in [0.2, 0.25) is 10.0 Å². The average molecular weight is 470 g/mol. The summed E-state index contributed by atoms with van der Waals surface area (Å²) in [4.78, 5) is 27.4. The van der Waals surface area contributed by atoms with Crippen LogP contribution in [-0.2, 0) is 0 Å². The minimum atomic E-state index is -0.248. The third kappa shape index (κ3) is 6.25. The van der Waals surface area contributed by atoms with Crippen molar-refractivity contribution in [3.8, 4) is 0 Å². The second-order valence-electron chi connectivity index (χ2n) is 7.90. The summed E-state index contributed by atoms with van der Waals surface area (Å²) in [5.74, 6) is 0.0150. The first kappa shape index (κ1) is 23.6. The van der Waals surface area contributed by atoms with Crippen LogP contribution in [0, 0.1) is 12.8 Å². The molecule has 0 fully saturated rings. The van der Waals surface area contributed by atoms with Crippen molar-refractivity contribution in [1.29, 1.82) is 0 Å². The monoisotopic (exact) mass is 469 g/mol. The lowest BCUT2D eigenvalue weighted by molar-refractivity contribution is 0.102. The van der Waals surface area contributed by atoms with E-state index in [1.807, 2.05) is 20.8 Å². The Morgan fingerprint density at radius 2 is 1.38 bits per heavy atom. The van der Waals surface area contributed by atoms with Gasteiger partial charge in [-0.05, 0) is 85.1 Å². The molecule has 0 aliphatic rings. The number of amides is 3. The standard InChI is InChI=1S/C25H25Cl2N3O2/c1-16(2)15-30(25(32)29-22-11-7-20(27)8-12-22)23-13-4-18(14-17(23)3)24(31)28-21-9-5-19(26)6-10-21/h4-14,16H,15H2,1-3H3,(H,28,31)(H,29,32). The van der Waals surface area contributed by atoms with Crippen molar-refractivity contribution in [3.05, 3.63) is 87.9 Å². The summed E-state index contributed by atoms with van der Waals surface area (Å²) < 4.78 is 0. The maximum atomic E-state index is 13.1. The Kier molecular flexibility index (Phi) is 7.78. The van der Waals surface area contributed by atoms with Gasteiger partial charge < -0.3 is 10.6 Å². The molecule has 0 aromatic heterocycles. The molecule has 0 atom stereocenters. The Bertz CT molecular complexity index is 1100. The van der Waals surface area contributed by atoms with Crippen molar-refractivity contribution in [2.45, 2.75) is 20.8 Å². The number of rotatable bonds is 6. The fourth-order valence-electron chi connectivity index (χ4n) is 3.22. The predicted molar refractivity (Wildman–Crippen MR) is 133 cm³/mol. The average Bonchev–Trinajstić information content (AvgIpc) is 2.75. The van der Waals surface area contributed by atoms with Gasteiger partial charge >= 0.3 is 6.03 Å². The summed E-state index contributed by atoms with van der Waals surface area (Å²) in [6.07, 6.45) is 0. The van der Waals surface area contributed by atoms with E-state index in [0.29, 0.717) is 33.5 Å². The minimum Gasteiger partial charge on any atom is -0.322 e. The number of aryl methyl sites for hydroxylation is 1. The Morgan fingerprint density at radius 3 is 1.88 bits per heavy atom. The van der Waals surface area contributed by atoms with Crippen LogP contribution < -0.4 is 15.5 Å². The lowest BCUT2D eigenvalue weighted by Gasteiger charge is -2.27. The van der Waals surface area contributed by atoms with Crippen LogP contribution in [0.4, 0.5) is 21.9 Å². The highest BCUT2D eigenvalue weighted by Gasteiger charge is 2.20. The van der Waals surface area contributed by atoms with Crippen LogP contribution >= 0.6 is 23.2 Å². The number of anilines is 3. The second kappa shape index (κ2) is 10.5. The highest BCUT2D eigenvalue weighted by Crippen LogP contribution is 2.25. The highest BCUT2D eigenvalue weighted by molar-refractivity contribution is 6.31. The molecule has 3 aromatic carbocycles. The number of hydrogen-bond acceptors (Lipinski definition) is 2. The molecule has 32 heavy (non-hydrogen) atoms. The molecule has 7 heteroatoms. The first-order chi connectivity index (χ1) is 15.2. The lowest BCUT2D eigenvalue weighted by Crippen LogP contribution is -2.38. The summed E-state index contributed by atoms with van der Waals surface area (Å²) in [5.41, 5.74) is 3.38. The van der Waals surface area contributed by atoms with Crippen LogP contribution in [0.1, 0.15) is 29.8 Å². The van der Waals surface area contributed by atoms with E-state index in [9.17, 15) is 9.59 Å². The summed E-state index contributed by atoms with van der Waals surface area (Å²) >= 11 is 11.8. The van der Waals surface area contributed by atoms with Crippen LogP contribution in [0.5, 0.6) is 0 Å². The van der Waals surface area contributed by atoms with Crippen LogP contribution in [0.3, 0.4) is 0 Å². The van der Waals surface area contributed by atoms with Gasteiger partial charge in [0, 0.05) is 39.2 Å². The van der Waals surface area contributed by atoms with E-state index in [0.717, 1.165) is 11.3 Å². The third-order valence-corrected chi connectivity index (χ3v) is 5.24. The molecule has 0 spiro atoms. The van der Waals surface area contributed by atoms with Crippen molar-refractivity contribution in [2.75, 3.05) is 22.1 Å². The number of benzene rings is 3. The van der Waals surface area contributed by atoms with Crippen molar-refractivity contribution in [3.63, 3.8) is 0 Å². The van der Waals surface area contributed by atoms with Gasteiger partial charge in [-0.2, -0.15) is 0 Å².